The van der Waals surface area contributed by atoms with Crippen molar-refractivity contribution in [3.63, 3.8) is 0 Å². The van der Waals surface area contributed by atoms with Crippen LogP contribution in [0.4, 0.5) is 0 Å². The summed E-state index contributed by atoms with van der Waals surface area (Å²) in [5, 5.41) is 4.40. The Kier molecular flexibility index (Phi) is 4.61. The number of carbonyl (C=O) groups is 2. The number of carbonyl (C=O) groups excluding carboxylic acids is 2. The molecule has 3 aliphatic rings. The molecule has 3 aliphatic heterocycles. The molecule has 1 aromatic rings. The molecule has 0 amide bonds. The summed E-state index contributed by atoms with van der Waals surface area (Å²) in [6.07, 6.45) is 5.58. The van der Waals surface area contributed by atoms with Gasteiger partial charge in [-0.3, -0.25) is 4.68 Å². The minimum absolute atomic E-state index is 0.250. The summed E-state index contributed by atoms with van der Waals surface area (Å²) in [5.74, 6) is -1.43. The van der Waals surface area contributed by atoms with Gasteiger partial charge < -0.3 is 19.1 Å². The monoisotopic (exact) mass is 349 g/mol. The fourth-order valence-electron chi connectivity index (χ4n) is 3.71. The summed E-state index contributed by atoms with van der Waals surface area (Å²) in [5.41, 5.74) is 0.637. The van der Waals surface area contributed by atoms with Gasteiger partial charge in [-0.15, -0.1) is 5.10 Å². The first-order valence-corrected chi connectivity index (χ1v) is 9.11. The maximum absolute atomic E-state index is 11.7. The first-order chi connectivity index (χ1) is 12.2. The molecule has 1 fully saturated rings. The number of hydrogen-bond donors (Lipinski definition) is 0. The fourth-order valence-corrected chi connectivity index (χ4v) is 3.71. The van der Waals surface area contributed by atoms with Gasteiger partial charge in [-0.05, 0) is 58.2 Å². The molecule has 1 unspecified atom stereocenters. The SMILES string of the molecule is O=C1Oc2c(OCCCCN3CCCC3)nn3c2C(CCC3)OC1=O. The third kappa shape index (κ3) is 3.35. The zero-order valence-corrected chi connectivity index (χ0v) is 14.2. The summed E-state index contributed by atoms with van der Waals surface area (Å²) in [7, 11) is 0. The Morgan fingerprint density at radius 3 is 2.76 bits per heavy atom. The third-order valence-corrected chi connectivity index (χ3v) is 4.97. The molecule has 0 bridgehead atoms. The molecular weight excluding hydrogens is 326 g/mol. The highest BCUT2D eigenvalue weighted by atomic mass is 16.6. The molecule has 1 saturated heterocycles. The first-order valence-electron chi connectivity index (χ1n) is 9.11. The summed E-state index contributed by atoms with van der Waals surface area (Å²) in [4.78, 5) is 25.9. The van der Waals surface area contributed by atoms with Crippen molar-refractivity contribution in [3.05, 3.63) is 5.69 Å². The van der Waals surface area contributed by atoms with Gasteiger partial charge in [0.15, 0.2) is 0 Å². The van der Waals surface area contributed by atoms with Crippen LogP contribution in [0, 0.1) is 0 Å². The van der Waals surface area contributed by atoms with Crippen LogP contribution in [0.1, 0.15) is 50.3 Å². The van der Waals surface area contributed by atoms with E-state index in [1.54, 1.807) is 4.68 Å². The number of aryl methyl sites for hydroxylation is 1. The smallest absolute Gasteiger partial charge is 0.423 e. The van der Waals surface area contributed by atoms with E-state index in [1.807, 2.05) is 0 Å². The molecule has 8 nitrogen and oxygen atoms in total. The number of unbranched alkanes of at least 4 members (excludes halogenated alkanes) is 1. The maximum atomic E-state index is 11.7. The molecular formula is C17H23N3O5. The van der Waals surface area contributed by atoms with E-state index >= 15 is 0 Å². The highest BCUT2D eigenvalue weighted by Crippen LogP contribution is 2.42. The van der Waals surface area contributed by atoms with E-state index in [-0.39, 0.29) is 11.6 Å². The van der Waals surface area contributed by atoms with Crippen LogP contribution in [0.3, 0.4) is 0 Å². The van der Waals surface area contributed by atoms with Gasteiger partial charge in [0.1, 0.15) is 11.8 Å². The van der Waals surface area contributed by atoms with E-state index in [9.17, 15) is 9.59 Å². The molecule has 0 saturated carbocycles. The Bertz CT molecular complexity index is 665. The zero-order chi connectivity index (χ0) is 17.2. The van der Waals surface area contributed by atoms with Gasteiger partial charge in [0, 0.05) is 6.54 Å². The number of rotatable bonds is 6. The van der Waals surface area contributed by atoms with Crippen LogP contribution in [0.2, 0.25) is 0 Å². The average molecular weight is 349 g/mol. The molecule has 136 valence electrons. The minimum atomic E-state index is -1.01. The highest BCUT2D eigenvalue weighted by Gasteiger charge is 2.39. The van der Waals surface area contributed by atoms with Crippen molar-refractivity contribution >= 4 is 11.9 Å². The van der Waals surface area contributed by atoms with E-state index in [0.717, 1.165) is 25.8 Å². The van der Waals surface area contributed by atoms with Crippen LogP contribution in [-0.4, -0.2) is 52.9 Å². The van der Waals surface area contributed by atoms with Gasteiger partial charge in [0.25, 0.3) is 5.88 Å². The predicted octanol–water partition coefficient (Wildman–Crippen LogP) is 1.43. The Labute approximate surface area is 146 Å². The molecule has 4 rings (SSSR count). The molecule has 0 spiro atoms. The topological polar surface area (TPSA) is 82.9 Å². The normalized spacial score (nSPS) is 23.0. The Morgan fingerprint density at radius 1 is 1.08 bits per heavy atom. The highest BCUT2D eigenvalue weighted by molar-refractivity contribution is 6.30. The van der Waals surface area contributed by atoms with E-state index in [4.69, 9.17) is 14.2 Å². The number of aromatic nitrogens is 2. The lowest BCUT2D eigenvalue weighted by molar-refractivity contribution is -0.165. The van der Waals surface area contributed by atoms with Crippen LogP contribution in [0.25, 0.3) is 0 Å². The van der Waals surface area contributed by atoms with Gasteiger partial charge in [-0.1, -0.05) is 0 Å². The number of nitrogens with zero attached hydrogens (tertiary/aromatic N) is 3. The summed E-state index contributed by atoms with van der Waals surface area (Å²) < 4.78 is 17.9. The second-order valence-corrected chi connectivity index (χ2v) is 6.77. The fraction of sp³-hybridized carbons (Fsp3) is 0.706. The third-order valence-electron chi connectivity index (χ3n) is 4.97. The van der Waals surface area contributed by atoms with Crippen LogP contribution in [0.5, 0.6) is 11.6 Å². The Hall–Kier alpha value is -2.09. The van der Waals surface area contributed by atoms with Crippen molar-refractivity contribution in [2.45, 2.75) is 51.2 Å². The van der Waals surface area contributed by atoms with Gasteiger partial charge in [-0.2, -0.15) is 0 Å². The van der Waals surface area contributed by atoms with Gasteiger partial charge in [0.2, 0.25) is 5.75 Å². The van der Waals surface area contributed by atoms with Gasteiger partial charge >= 0.3 is 11.9 Å². The van der Waals surface area contributed by atoms with E-state index in [2.05, 4.69) is 10.00 Å². The van der Waals surface area contributed by atoms with Crippen LogP contribution < -0.4 is 9.47 Å². The number of ether oxygens (including phenoxy) is 3. The largest absolute Gasteiger partial charge is 0.474 e. The lowest BCUT2D eigenvalue weighted by atomic mass is 10.1. The molecule has 0 N–H and O–H groups in total. The van der Waals surface area contributed by atoms with Crippen LogP contribution in [0.15, 0.2) is 0 Å². The molecule has 8 heteroatoms. The predicted molar refractivity (Wildman–Crippen MR) is 86.3 cm³/mol. The first kappa shape index (κ1) is 16.4. The van der Waals surface area contributed by atoms with Crippen molar-refractivity contribution in [2.75, 3.05) is 26.2 Å². The van der Waals surface area contributed by atoms with Crippen LogP contribution in [-0.2, 0) is 20.9 Å². The van der Waals surface area contributed by atoms with E-state index < -0.39 is 18.0 Å². The maximum Gasteiger partial charge on any atom is 0.423 e. The second-order valence-electron chi connectivity index (χ2n) is 6.77. The number of likely N-dealkylation sites (tertiary alicyclic amines) is 1. The molecule has 1 atom stereocenters. The molecule has 0 aromatic carbocycles. The van der Waals surface area contributed by atoms with Crippen molar-refractivity contribution in [1.82, 2.24) is 14.7 Å². The minimum Gasteiger partial charge on any atom is -0.474 e. The summed E-state index contributed by atoms with van der Waals surface area (Å²) in [6, 6.07) is 0. The van der Waals surface area contributed by atoms with E-state index in [0.29, 0.717) is 25.3 Å². The van der Waals surface area contributed by atoms with Crippen molar-refractivity contribution < 1.29 is 23.8 Å². The van der Waals surface area contributed by atoms with Crippen molar-refractivity contribution in [3.8, 4) is 11.6 Å². The number of hydrogen-bond acceptors (Lipinski definition) is 7. The lowest BCUT2D eigenvalue weighted by Crippen LogP contribution is -2.23. The molecule has 25 heavy (non-hydrogen) atoms. The van der Waals surface area contributed by atoms with E-state index in [1.165, 1.54) is 25.9 Å². The lowest BCUT2D eigenvalue weighted by Gasteiger charge is -2.21. The van der Waals surface area contributed by atoms with Crippen molar-refractivity contribution in [2.24, 2.45) is 0 Å². The Balaban J connectivity index is 1.39. The summed E-state index contributed by atoms with van der Waals surface area (Å²) in [6.45, 7) is 4.70. The molecule has 0 radical (unpaired) electrons. The van der Waals surface area contributed by atoms with Gasteiger partial charge in [-0.25, -0.2) is 9.59 Å². The molecule has 0 aliphatic carbocycles. The Morgan fingerprint density at radius 2 is 1.92 bits per heavy atom. The number of esters is 2. The summed E-state index contributed by atoms with van der Waals surface area (Å²) >= 11 is 0. The second kappa shape index (κ2) is 7.03. The quantitative estimate of drug-likeness (QED) is 0.436. The zero-order valence-electron chi connectivity index (χ0n) is 14.2. The average Bonchev–Trinajstić information content (AvgIpc) is 3.20. The molecule has 4 heterocycles. The molecule has 1 aromatic heterocycles. The van der Waals surface area contributed by atoms with Gasteiger partial charge in [0.05, 0.1) is 6.61 Å². The standard InChI is InChI=1S/C17H23N3O5/c21-16-17(22)25-14-13-12(24-16)6-5-10-20(13)18-15(14)23-11-4-3-9-19-7-1-2-8-19/h12H,1-11H2. The van der Waals surface area contributed by atoms with Crippen molar-refractivity contribution in [1.29, 1.82) is 0 Å². The van der Waals surface area contributed by atoms with Crippen LogP contribution >= 0.6 is 0 Å².